The van der Waals surface area contributed by atoms with Gasteiger partial charge in [-0.15, -0.1) is 10.2 Å². The minimum absolute atomic E-state index is 0.0113. The number of fused-ring (bicyclic) bond motifs is 1. The fourth-order valence-electron chi connectivity index (χ4n) is 2.86. The summed E-state index contributed by atoms with van der Waals surface area (Å²) in [6, 6.07) is 10.0. The minimum Gasteiger partial charge on any atom is -0.349 e. The number of nitrogens with zero attached hydrogens (tertiary/aromatic N) is 3. The van der Waals surface area contributed by atoms with Crippen molar-refractivity contribution in [1.82, 2.24) is 19.9 Å². The number of carbonyl (C=O) groups excluding carboxylic acids is 1. The molecule has 0 radical (unpaired) electrons. The van der Waals surface area contributed by atoms with Crippen molar-refractivity contribution in [2.75, 3.05) is 5.75 Å². The molecule has 0 saturated carbocycles. The predicted octanol–water partition coefficient (Wildman–Crippen LogP) is 3.62. The van der Waals surface area contributed by atoms with Gasteiger partial charge in [0, 0.05) is 6.20 Å². The van der Waals surface area contributed by atoms with Gasteiger partial charge >= 0.3 is 0 Å². The van der Waals surface area contributed by atoms with Crippen LogP contribution in [0.1, 0.15) is 35.2 Å². The van der Waals surface area contributed by atoms with Gasteiger partial charge in [-0.2, -0.15) is 0 Å². The number of pyridine rings is 1. The van der Waals surface area contributed by atoms with Gasteiger partial charge in [-0.3, -0.25) is 9.20 Å². The van der Waals surface area contributed by atoms with Gasteiger partial charge in [0.2, 0.25) is 5.91 Å². The van der Waals surface area contributed by atoms with Crippen molar-refractivity contribution < 1.29 is 4.79 Å². The van der Waals surface area contributed by atoms with Crippen LogP contribution in [0.15, 0.2) is 41.7 Å². The van der Waals surface area contributed by atoms with Gasteiger partial charge in [0.1, 0.15) is 0 Å². The summed E-state index contributed by atoms with van der Waals surface area (Å²) in [5.74, 6) is 0.298. The van der Waals surface area contributed by atoms with Crippen LogP contribution in [0.3, 0.4) is 0 Å². The Morgan fingerprint density at radius 1 is 1.16 bits per heavy atom. The van der Waals surface area contributed by atoms with Crippen LogP contribution in [-0.4, -0.2) is 26.3 Å². The Balaban J connectivity index is 1.63. The molecule has 1 unspecified atom stereocenters. The monoisotopic (exact) mass is 354 g/mol. The molecule has 0 aliphatic heterocycles. The third kappa shape index (κ3) is 3.85. The van der Waals surface area contributed by atoms with Crippen LogP contribution in [0.2, 0.25) is 0 Å². The third-order valence-electron chi connectivity index (χ3n) is 4.34. The van der Waals surface area contributed by atoms with Gasteiger partial charge < -0.3 is 5.32 Å². The van der Waals surface area contributed by atoms with E-state index in [1.54, 1.807) is 0 Å². The standard InChI is InChI=1S/C19H22N4OS/c1-12-9-14(3)16(10-13(12)2)15(4)20-18(24)11-25-19-22-21-17-7-5-6-8-23(17)19/h5-10,15H,11H2,1-4H3,(H,20,24). The van der Waals surface area contributed by atoms with Crippen LogP contribution < -0.4 is 5.32 Å². The van der Waals surface area contributed by atoms with E-state index in [0.717, 1.165) is 16.4 Å². The SMILES string of the molecule is Cc1cc(C)c(C(C)NC(=O)CSc2nnc3ccccn23)cc1C. The lowest BCUT2D eigenvalue weighted by molar-refractivity contribution is -0.119. The summed E-state index contributed by atoms with van der Waals surface area (Å²) in [5.41, 5.74) is 5.66. The van der Waals surface area contributed by atoms with E-state index in [2.05, 4.69) is 48.4 Å². The van der Waals surface area contributed by atoms with Gasteiger partial charge in [-0.05, 0) is 62.1 Å². The number of aromatic nitrogens is 3. The maximum absolute atomic E-state index is 12.3. The number of thioether (sulfide) groups is 1. The number of hydrogen-bond donors (Lipinski definition) is 1. The van der Waals surface area contributed by atoms with Gasteiger partial charge in [0.25, 0.3) is 0 Å². The van der Waals surface area contributed by atoms with Gasteiger partial charge in [-0.25, -0.2) is 0 Å². The predicted molar refractivity (Wildman–Crippen MR) is 101 cm³/mol. The molecule has 0 spiro atoms. The maximum atomic E-state index is 12.3. The Morgan fingerprint density at radius 2 is 1.92 bits per heavy atom. The highest BCUT2D eigenvalue weighted by atomic mass is 32.2. The first-order valence-corrected chi connectivity index (χ1v) is 9.24. The Bertz CT molecular complexity index is 919. The number of aryl methyl sites for hydroxylation is 3. The van der Waals surface area contributed by atoms with Crippen LogP contribution >= 0.6 is 11.8 Å². The first-order valence-electron chi connectivity index (χ1n) is 8.25. The van der Waals surface area contributed by atoms with E-state index >= 15 is 0 Å². The smallest absolute Gasteiger partial charge is 0.230 e. The van der Waals surface area contributed by atoms with Crippen molar-refractivity contribution in [3.05, 3.63) is 58.8 Å². The van der Waals surface area contributed by atoms with E-state index in [0.29, 0.717) is 5.75 Å². The van der Waals surface area contributed by atoms with Gasteiger partial charge in [0.05, 0.1) is 11.8 Å². The Morgan fingerprint density at radius 3 is 2.72 bits per heavy atom. The van der Waals surface area contributed by atoms with Crippen molar-refractivity contribution in [2.45, 2.75) is 38.9 Å². The number of rotatable bonds is 5. The molecule has 130 valence electrons. The van der Waals surface area contributed by atoms with Crippen LogP contribution in [0, 0.1) is 20.8 Å². The first-order chi connectivity index (χ1) is 12.0. The molecular formula is C19H22N4OS. The van der Waals surface area contributed by atoms with Crippen molar-refractivity contribution in [3.8, 4) is 0 Å². The van der Waals surface area contributed by atoms with Crippen LogP contribution in [0.5, 0.6) is 0 Å². The lowest BCUT2D eigenvalue weighted by Gasteiger charge is -2.18. The zero-order valence-electron chi connectivity index (χ0n) is 14.9. The van der Waals surface area contributed by atoms with Crippen molar-refractivity contribution in [3.63, 3.8) is 0 Å². The summed E-state index contributed by atoms with van der Waals surface area (Å²) in [7, 11) is 0. The molecule has 5 nitrogen and oxygen atoms in total. The largest absolute Gasteiger partial charge is 0.349 e. The summed E-state index contributed by atoms with van der Waals surface area (Å²) in [6.07, 6.45) is 1.90. The van der Waals surface area contributed by atoms with Crippen molar-refractivity contribution in [1.29, 1.82) is 0 Å². The lowest BCUT2D eigenvalue weighted by Crippen LogP contribution is -2.28. The van der Waals surface area contributed by atoms with Gasteiger partial charge in [0.15, 0.2) is 10.8 Å². The molecule has 1 atom stereocenters. The molecule has 1 aromatic carbocycles. The quantitative estimate of drug-likeness (QED) is 0.711. The molecule has 0 aliphatic carbocycles. The molecular weight excluding hydrogens is 332 g/mol. The fraction of sp³-hybridized carbons (Fsp3) is 0.316. The normalized spacial score (nSPS) is 12.3. The van der Waals surface area contributed by atoms with Crippen molar-refractivity contribution in [2.24, 2.45) is 0 Å². The summed E-state index contributed by atoms with van der Waals surface area (Å²) in [5, 5.41) is 12.0. The lowest BCUT2D eigenvalue weighted by atomic mass is 9.96. The molecule has 0 fully saturated rings. The molecule has 0 aliphatic rings. The van der Waals surface area contributed by atoms with Crippen molar-refractivity contribution >= 4 is 23.3 Å². The topological polar surface area (TPSA) is 59.3 Å². The first kappa shape index (κ1) is 17.5. The Kier molecular flexibility index (Phi) is 5.08. The molecule has 6 heteroatoms. The second kappa shape index (κ2) is 7.27. The molecule has 2 aromatic heterocycles. The van der Waals surface area contributed by atoms with E-state index < -0.39 is 0 Å². The third-order valence-corrected chi connectivity index (χ3v) is 5.28. The fourth-order valence-corrected chi connectivity index (χ4v) is 3.59. The zero-order valence-corrected chi connectivity index (χ0v) is 15.7. The van der Waals surface area contributed by atoms with Crippen LogP contribution in [0.4, 0.5) is 0 Å². The van der Waals surface area contributed by atoms with E-state index in [1.165, 1.54) is 28.5 Å². The molecule has 3 rings (SSSR count). The van der Waals surface area contributed by atoms with Gasteiger partial charge in [-0.1, -0.05) is 30.0 Å². The summed E-state index contributed by atoms with van der Waals surface area (Å²) >= 11 is 1.39. The van der Waals surface area contributed by atoms with Crippen LogP contribution in [-0.2, 0) is 4.79 Å². The molecule has 1 N–H and O–H groups in total. The average Bonchev–Trinajstić information content (AvgIpc) is 2.99. The highest BCUT2D eigenvalue weighted by Crippen LogP contribution is 2.22. The maximum Gasteiger partial charge on any atom is 0.230 e. The van der Waals surface area contributed by atoms with Crippen LogP contribution in [0.25, 0.3) is 5.65 Å². The Hall–Kier alpha value is -2.34. The molecule has 0 saturated heterocycles. The molecule has 3 aromatic rings. The zero-order chi connectivity index (χ0) is 18.0. The summed E-state index contributed by atoms with van der Waals surface area (Å²) in [4.78, 5) is 12.3. The second-order valence-electron chi connectivity index (χ2n) is 6.28. The van der Waals surface area contributed by atoms with E-state index in [4.69, 9.17) is 0 Å². The number of nitrogens with one attached hydrogen (secondary N) is 1. The molecule has 25 heavy (non-hydrogen) atoms. The average molecular weight is 354 g/mol. The second-order valence-corrected chi connectivity index (χ2v) is 7.22. The summed E-state index contributed by atoms with van der Waals surface area (Å²) in [6.45, 7) is 8.31. The highest BCUT2D eigenvalue weighted by molar-refractivity contribution is 7.99. The number of carbonyl (C=O) groups is 1. The molecule has 0 bridgehead atoms. The summed E-state index contributed by atoms with van der Waals surface area (Å²) < 4.78 is 1.88. The van der Waals surface area contributed by atoms with E-state index in [1.807, 2.05) is 35.7 Å². The number of benzene rings is 1. The minimum atomic E-state index is -0.0254. The molecule has 2 heterocycles. The highest BCUT2D eigenvalue weighted by Gasteiger charge is 2.14. The number of hydrogen-bond acceptors (Lipinski definition) is 4. The number of amides is 1. The van der Waals surface area contributed by atoms with E-state index in [9.17, 15) is 4.79 Å². The Labute approximate surface area is 151 Å². The van der Waals surface area contributed by atoms with E-state index in [-0.39, 0.29) is 11.9 Å². The molecule has 1 amide bonds.